The van der Waals surface area contributed by atoms with Crippen molar-refractivity contribution in [3.05, 3.63) is 89.0 Å². The van der Waals surface area contributed by atoms with Crippen molar-refractivity contribution in [3.63, 3.8) is 0 Å². The van der Waals surface area contributed by atoms with Gasteiger partial charge in [0.05, 0.1) is 17.1 Å². The largest absolute Gasteiger partial charge is 0.491 e. The number of ether oxygens (including phenoxy) is 1. The van der Waals surface area contributed by atoms with Crippen LogP contribution in [0.25, 0.3) is 0 Å². The number of benzene rings is 3. The zero-order valence-electron chi connectivity index (χ0n) is 17.8. The van der Waals surface area contributed by atoms with E-state index in [0.717, 1.165) is 11.3 Å². The summed E-state index contributed by atoms with van der Waals surface area (Å²) in [6.07, 6.45) is 0. The van der Waals surface area contributed by atoms with Crippen LogP contribution in [0.4, 0.5) is 5.69 Å². The van der Waals surface area contributed by atoms with E-state index < -0.39 is 10.0 Å². The Labute approximate surface area is 183 Å². The summed E-state index contributed by atoms with van der Waals surface area (Å²) in [4.78, 5) is 12.6. The Bertz CT molecular complexity index is 1180. The summed E-state index contributed by atoms with van der Waals surface area (Å²) >= 11 is 0. The molecule has 0 fully saturated rings. The number of hydrogen-bond donors (Lipinski definition) is 2. The third kappa shape index (κ3) is 5.86. The molecule has 0 bridgehead atoms. The molecule has 0 atom stereocenters. The SMILES string of the molecule is Cc1ccc(OCCNC(=O)c2ccc(NS(=O)(=O)c3ccccc3)c(C)c2)c(C)c1. The van der Waals surface area contributed by atoms with E-state index in [1.165, 1.54) is 17.7 Å². The van der Waals surface area contributed by atoms with Gasteiger partial charge in [0.25, 0.3) is 15.9 Å². The van der Waals surface area contributed by atoms with Gasteiger partial charge in [0.2, 0.25) is 0 Å². The summed E-state index contributed by atoms with van der Waals surface area (Å²) in [6.45, 7) is 6.47. The van der Waals surface area contributed by atoms with Crippen molar-refractivity contribution < 1.29 is 17.9 Å². The Kier molecular flexibility index (Phi) is 6.97. The van der Waals surface area contributed by atoms with Gasteiger partial charge in [-0.2, -0.15) is 0 Å². The van der Waals surface area contributed by atoms with E-state index >= 15 is 0 Å². The summed E-state index contributed by atoms with van der Waals surface area (Å²) in [7, 11) is -3.69. The zero-order valence-corrected chi connectivity index (χ0v) is 18.6. The lowest BCUT2D eigenvalue weighted by Gasteiger charge is -2.13. The number of sulfonamides is 1. The monoisotopic (exact) mass is 438 g/mol. The molecule has 3 aromatic rings. The van der Waals surface area contributed by atoms with E-state index in [9.17, 15) is 13.2 Å². The average Bonchev–Trinajstić information content (AvgIpc) is 2.74. The van der Waals surface area contributed by atoms with Gasteiger partial charge < -0.3 is 10.1 Å². The first-order chi connectivity index (χ1) is 14.8. The molecule has 1 amide bonds. The minimum atomic E-state index is -3.69. The molecule has 0 aliphatic heterocycles. The van der Waals surface area contributed by atoms with Crippen LogP contribution in [0, 0.1) is 20.8 Å². The number of aryl methyl sites for hydroxylation is 3. The summed E-state index contributed by atoms with van der Waals surface area (Å²) in [6, 6.07) is 18.9. The standard InChI is InChI=1S/C24H26N2O4S/c1-17-9-12-23(19(3)15-17)30-14-13-25-24(27)20-10-11-22(18(2)16-20)26-31(28,29)21-7-5-4-6-8-21/h4-12,15-16,26H,13-14H2,1-3H3,(H,25,27). The van der Waals surface area contributed by atoms with Crippen LogP contribution < -0.4 is 14.8 Å². The Morgan fingerprint density at radius 2 is 1.65 bits per heavy atom. The number of carbonyl (C=O) groups excluding carboxylic acids is 1. The molecular weight excluding hydrogens is 412 g/mol. The highest BCUT2D eigenvalue weighted by molar-refractivity contribution is 7.92. The van der Waals surface area contributed by atoms with Crippen LogP contribution in [0.2, 0.25) is 0 Å². The average molecular weight is 439 g/mol. The second kappa shape index (κ2) is 9.66. The van der Waals surface area contributed by atoms with Crippen molar-refractivity contribution in [3.8, 4) is 5.75 Å². The lowest BCUT2D eigenvalue weighted by atomic mass is 10.1. The normalized spacial score (nSPS) is 11.1. The first-order valence-electron chi connectivity index (χ1n) is 9.93. The van der Waals surface area contributed by atoms with Gasteiger partial charge in [0, 0.05) is 5.56 Å². The number of carbonyl (C=O) groups is 1. The highest BCUT2D eigenvalue weighted by Crippen LogP contribution is 2.21. The second-order valence-corrected chi connectivity index (χ2v) is 9.00. The molecule has 162 valence electrons. The van der Waals surface area contributed by atoms with Crippen molar-refractivity contribution in [2.75, 3.05) is 17.9 Å². The quantitative estimate of drug-likeness (QED) is 0.516. The molecule has 31 heavy (non-hydrogen) atoms. The van der Waals surface area contributed by atoms with Crippen LogP contribution >= 0.6 is 0 Å². The summed E-state index contributed by atoms with van der Waals surface area (Å²) < 4.78 is 33.3. The Morgan fingerprint density at radius 3 is 2.32 bits per heavy atom. The van der Waals surface area contributed by atoms with Gasteiger partial charge >= 0.3 is 0 Å². The van der Waals surface area contributed by atoms with Gasteiger partial charge in [0.1, 0.15) is 12.4 Å². The van der Waals surface area contributed by atoms with E-state index in [1.54, 1.807) is 43.3 Å². The lowest BCUT2D eigenvalue weighted by Crippen LogP contribution is -2.28. The molecule has 0 aliphatic rings. The minimum absolute atomic E-state index is 0.181. The maximum absolute atomic E-state index is 12.5. The zero-order chi connectivity index (χ0) is 22.4. The van der Waals surface area contributed by atoms with Crippen LogP contribution in [0.15, 0.2) is 71.6 Å². The van der Waals surface area contributed by atoms with Gasteiger partial charge in [-0.15, -0.1) is 0 Å². The van der Waals surface area contributed by atoms with Crippen LogP contribution in [-0.2, 0) is 10.0 Å². The highest BCUT2D eigenvalue weighted by Gasteiger charge is 2.15. The van der Waals surface area contributed by atoms with Crippen LogP contribution in [-0.4, -0.2) is 27.5 Å². The molecule has 0 saturated heterocycles. The fourth-order valence-electron chi connectivity index (χ4n) is 3.11. The molecule has 0 aliphatic carbocycles. The molecule has 0 radical (unpaired) electrons. The molecule has 2 N–H and O–H groups in total. The molecule has 0 unspecified atom stereocenters. The van der Waals surface area contributed by atoms with Crippen molar-refractivity contribution in [1.82, 2.24) is 5.32 Å². The number of hydrogen-bond acceptors (Lipinski definition) is 4. The fourth-order valence-corrected chi connectivity index (χ4v) is 4.26. The topological polar surface area (TPSA) is 84.5 Å². The Hall–Kier alpha value is -3.32. The fraction of sp³-hybridized carbons (Fsp3) is 0.208. The third-order valence-electron chi connectivity index (χ3n) is 4.76. The molecule has 0 aromatic heterocycles. The van der Waals surface area contributed by atoms with Crippen molar-refractivity contribution in [2.24, 2.45) is 0 Å². The first kappa shape index (κ1) is 22.4. The van der Waals surface area contributed by atoms with Gasteiger partial charge in [-0.1, -0.05) is 35.9 Å². The van der Waals surface area contributed by atoms with Gasteiger partial charge in [-0.05, 0) is 68.3 Å². The van der Waals surface area contributed by atoms with Gasteiger partial charge in [-0.3, -0.25) is 9.52 Å². The van der Waals surface area contributed by atoms with Crippen molar-refractivity contribution in [2.45, 2.75) is 25.7 Å². The van der Waals surface area contributed by atoms with Crippen LogP contribution in [0.1, 0.15) is 27.0 Å². The highest BCUT2D eigenvalue weighted by atomic mass is 32.2. The molecule has 7 heteroatoms. The molecule has 0 spiro atoms. The maximum atomic E-state index is 12.5. The molecule has 0 heterocycles. The third-order valence-corrected chi connectivity index (χ3v) is 6.14. The maximum Gasteiger partial charge on any atom is 0.261 e. The summed E-state index contributed by atoms with van der Waals surface area (Å²) in [5.41, 5.74) is 3.75. The number of anilines is 1. The second-order valence-electron chi connectivity index (χ2n) is 7.32. The molecule has 3 aromatic carbocycles. The van der Waals surface area contributed by atoms with E-state index in [2.05, 4.69) is 10.0 Å². The number of nitrogens with one attached hydrogen (secondary N) is 2. The molecule has 3 rings (SSSR count). The van der Waals surface area contributed by atoms with E-state index in [4.69, 9.17) is 4.74 Å². The molecular formula is C24H26N2O4S. The lowest BCUT2D eigenvalue weighted by molar-refractivity contribution is 0.0947. The van der Waals surface area contributed by atoms with Crippen LogP contribution in [0.3, 0.4) is 0 Å². The van der Waals surface area contributed by atoms with Crippen LogP contribution in [0.5, 0.6) is 5.75 Å². The Morgan fingerprint density at radius 1 is 0.903 bits per heavy atom. The summed E-state index contributed by atoms with van der Waals surface area (Å²) in [5.74, 6) is 0.551. The van der Waals surface area contributed by atoms with E-state index in [0.29, 0.717) is 30.0 Å². The van der Waals surface area contributed by atoms with Gasteiger partial charge in [0.15, 0.2) is 0 Å². The van der Waals surface area contributed by atoms with Gasteiger partial charge in [-0.25, -0.2) is 8.42 Å². The minimum Gasteiger partial charge on any atom is -0.491 e. The smallest absolute Gasteiger partial charge is 0.261 e. The summed E-state index contributed by atoms with van der Waals surface area (Å²) in [5, 5.41) is 2.82. The van der Waals surface area contributed by atoms with E-state index in [1.807, 2.05) is 32.0 Å². The van der Waals surface area contributed by atoms with E-state index in [-0.39, 0.29) is 10.8 Å². The number of rotatable bonds is 8. The molecule has 0 saturated carbocycles. The predicted molar refractivity (Wildman–Crippen MR) is 122 cm³/mol. The van der Waals surface area contributed by atoms with Crippen molar-refractivity contribution >= 4 is 21.6 Å². The first-order valence-corrected chi connectivity index (χ1v) is 11.4. The molecule has 6 nitrogen and oxygen atoms in total. The predicted octanol–water partition coefficient (Wildman–Crippen LogP) is 4.22. The Balaban J connectivity index is 1.57. The number of amides is 1. The van der Waals surface area contributed by atoms with Crippen molar-refractivity contribution in [1.29, 1.82) is 0 Å².